The van der Waals surface area contributed by atoms with Gasteiger partial charge < -0.3 is 9.88 Å². The number of fused-ring (bicyclic) bond motifs is 1. The maximum Gasteiger partial charge on any atom is 0.0480 e. The number of aromatic nitrogens is 1. The number of benzene rings is 1. The molecule has 1 aromatic carbocycles. The van der Waals surface area contributed by atoms with Crippen LogP contribution in [0.2, 0.25) is 0 Å². The average Bonchev–Trinajstić information content (AvgIpc) is 2.78. The summed E-state index contributed by atoms with van der Waals surface area (Å²) in [6.07, 6.45) is 4.57. The summed E-state index contributed by atoms with van der Waals surface area (Å²) in [7, 11) is 0. The van der Waals surface area contributed by atoms with Crippen LogP contribution in [0.5, 0.6) is 0 Å². The van der Waals surface area contributed by atoms with Gasteiger partial charge in [0.2, 0.25) is 0 Å². The highest BCUT2D eigenvalue weighted by Crippen LogP contribution is 2.15. The summed E-state index contributed by atoms with van der Waals surface area (Å²) in [6.45, 7) is 6.65. The molecule has 0 saturated carbocycles. The van der Waals surface area contributed by atoms with Crippen molar-refractivity contribution in [2.24, 2.45) is 0 Å². The molecule has 0 amide bonds. The minimum Gasteiger partial charge on any atom is -0.347 e. The first-order valence-electron chi connectivity index (χ1n) is 6.58. The van der Waals surface area contributed by atoms with E-state index in [0.29, 0.717) is 6.04 Å². The Morgan fingerprint density at radius 1 is 1.24 bits per heavy atom. The largest absolute Gasteiger partial charge is 0.347 e. The maximum absolute atomic E-state index is 3.53. The SMILES string of the molecule is CCC(C)NCCCn1ccc2ccccc21. The quantitative estimate of drug-likeness (QED) is 0.752. The van der Waals surface area contributed by atoms with Crippen molar-refractivity contribution in [1.29, 1.82) is 0 Å². The zero-order chi connectivity index (χ0) is 12.1. The van der Waals surface area contributed by atoms with Gasteiger partial charge in [-0.3, -0.25) is 0 Å². The molecule has 0 aliphatic carbocycles. The Labute approximate surface area is 104 Å². The van der Waals surface area contributed by atoms with Crippen molar-refractivity contribution >= 4 is 10.9 Å². The zero-order valence-electron chi connectivity index (χ0n) is 10.8. The van der Waals surface area contributed by atoms with Crippen LogP contribution < -0.4 is 5.32 Å². The molecule has 0 spiro atoms. The summed E-state index contributed by atoms with van der Waals surface area (Å²) in [6, 6.07) is 11.4. The molecule has 1 heterocycles. The molecule has 2 rings (SSSR count). The first-order chi connectivity index (χ1) is 8.31. The molecular formula is C15H22N2. The number of hydrogen-bond acceptors (Lipinski definition) is 1. The van der Waals surface area contributed by atoms with E-state index in [1.54, 1.807) is 0 Å². The summed E-state index contributed by atoms with van der Waals surface area (Å²) in [5, 5.41) is 4.86. The molecule has 0 aliphatic rings. The van der Waals surface area contributed by atoms with E-state index in [2.05, 4.69) is 60.3 Å². The summed E-state index contributed by atoms with van der Waals surface area (Å²) >= 11 is 0. The number of aryl methyl sites for hydroxylation is 1. The van der Waals surface area contributed by atoms with Gasteiger partial charge >= 0.3 is 0 Å². The van der Waals surface area contributed by atoms with Crippen molar-refractivity contribution in [3.63, 3.8) is 0 Å². The van der Waals surface area contributed by atoms with Crippen LogP contribution in [0.4, 0.5) is 0 Å². The summed E-state index contributed by atoms with van der Waals surface area (Å²) < 4.78 is 2.34. The van der Waals surface area contributed by atoms with Crippen molar-refractivity contribution in [2.45, 2.75) is 39.3 Å². The summed E-state index contributed by atoms with van der Waals surface area (Å²) in [5.74, 6) is 0. The fraction of sp³-hybridized carbons (Fsp3) is 0.467. The lowest BCUT2D eigenvalue weighted by atomic mass is 10.2. The number of rotatable bonds is 6. The molecule has 1 unspecified atom stereocenters. The average molecular weight is 230 g/mol. The lowest BCUT2D eigenvalue weighted by Crippen LogP contribution is -2.26. The van der Waals surface area contributed by atoms with Gasteiger partial charge in [-0.2, -0.15) is 0 Å². The second-order valence-electron chi connectivity index (χ2n) is 4.68. The highest BCUT2D eigenvalue weighted by molar-refractivity contribution is 5.79. The van der Waals surface area contributed by atoms with E-state index < -0.39 is 0 Å². The predicted molar refractivity (Wildman–Crippen MR) is 74.3 cm³/mol. The van der Waals surface area contributed by atoms with Gasteiger partial charge in [-0.15, -0.1) is 0 Å². The molecule has 0 radical (unpaired) electrons. The smallest absolute Gasteiger partial charge is 0.0480 e. The van der Waals surface area contributed by atoms with Crippen molar-refractivity contribution < 1.29 is 0 Å². The molecule has 0 saturated heterocycles. The molecular weight excluding hydrogens is 208 g/mol. The minimum absolute atomic E-state index is 0.636. The van der Waals surface area contributed by atoms with Gasteiger partial charge in [0.05, 0.1) is 0 Å². The van der Waals surface area contributed by atoms with Crippen molar-refractivity contribution in [2.75, 3.05) is 6.54 Å². The van der Waals surface area contributed by atoms with E-state index >= 15 is 0 Å². The monoisotopic (exact) mass is 230 g/mol. The second kappa shape index (κ2) is 5.87. The normalized spacial score (nSPS) is 13.1. The van der Waals surface area contributed by atoms with Gasteiger partial charge in [0.25, 0.3) is 0 Å². The van der Waals surface area contributed by atoms with Crippen LogP contribution >= 0.6 is 0 Å². The van der Waals surface area contributed by atoms with Crippen LogP contribution in [0, 0.1) is 0 Å². The molecule has 1 atom stereocenters. The molecule has 92 valence electrons. The molecule has 2 aromatic rings. The Bertz CT molecular complexity index is 459. The van der Waals surface area contributed by atoms with E-state index in [1.807, 2.05) is 0 Å². The van der Waals surface area contributed by atoms with E-state index in [4.69, 9.17) is 0 Å². The van der Waals surface area contributed by atoms with Crippen LogP contribution in [-0.2, 0) is 6.54 Å². The van der Waals surface area contributed by atoms with Crippen LogP contribution in [-0.4, -0.2) is 17.2 Å². The van der Waals surface area contributed by atoms with Gasteiger partial charge in [0.15, 0.2) is 0 Å². The predicted octanol–water partition coefficient (Wildman–Crippen LogP) is 3.42. The standard InChI is InChI=1S/C15H22N2/c1-3-13(2)16-10-6-11-17-12-9-14-7-4-5-8-15(14)17/h4-5,7-9,12-13,16H,3,6,10-11H2,1-2H3. The van der Waals surface area contributed by atoms with E-state index in [1.165, 1.54) is 23.7 Å². The molecule has 2 heteroatoms. The number of para-hydroxylation sites is 1. The fourth-order valence-electron chi connectivity index (χ4n) is 2.08. The lowest BCUT2D eigenvalue weighted by Gasteiger charge is -2.11. The molecule has 0 fully saturated rings. The van der Waals surface area contributed by atoms with Gasteiger partial charge in [-0.05, 0) is 43.8 Å². The Balaban J connectivity index is 1.87. The van der Waals surface area contributed by atoms with Crippen LogP contribution in [0.3, 0.4) is 0 Å². The van der Waals surface area contributed by atoms with E-state index in [9.17, 15) is 0 Å². The van der Waals surface area contributed by atoms with E-state index in [0.717, 1.165) is 13.1 Å². The molecule has 0 aliphatic heterocycles. The molecule has 17 heavy (non-hydrogen) atoms. The van der Waals surface area contributed by atoms with Gasteiger partial charge in [-0.1, -0.05) is 25.1 Å². The third kappa shape index (κ3) is 3.10. The Hall–Kier alpha value is -1.28. The van der Waals surface area contributed by atoms with Gasteiger partial charge in [0, 0.05) is 24.3 Å². The van der Waals surface area contributed by atoms with Crippen molar-refractivity contribution in [3.05, 3.63) is 36.5 Å². The highest BCUT2D eigenvalue weighted by atomic mass is 15.0. The topological polar surface area (TPSA) is 17.0 Å². The van der Waals surface area contributed by atoms with Crippen LogP contribution in [0.15, 0.2) is 36.5 Å². The second-order valence-corrected chi connectivity index (χ2v) is 4.68. The first-order valence-corrected chi connectivity index (χ1v) is 6.58. The third-order valence-electron chi connectivity index (χ3n) is 3.36. The Morgan fingerprint density at radius 3 is 2.88 bits per heavy atom. The van der Waals surface area contributed by atoms with Crippen LogP contribution in [0.1, 0.15) is 26.7 Å². The Kier molecular flexibility index (Phi) is 4.21. The molecule has 1 aromatic heterocycles. The molecule has 2 nitrogen and oxygen atoms in total. The van der Waals surface area contributed by atoms with Gasteiger partial charge in [0.1, 0.15) is 0 Å². The van der Waals surface area contributed by atoms with E-state index in [-0.39, 0.29) is 0 Å². The van der Waals surface area contributed by atoms with Crippen LogP contribution in [0.25, 0.3) is 10.9 Å². The van der Waals surface area contributed by atoms with Gasteiger partial charge in [-0.25, -0.2) is 0 Å². The molecule has 0 bridgehead atoms. The molecule has 1 N–H and O–H groups in total. The Morgan fingerprint density at radius 2 is 2.06 bits per heavy atom. The van der Waals surface area contributed by atoms with Crippen molar-refractivity contribution in [1.82, 2.24) is 9.88 Å². The lowest BCUT2D eigenvalue weighted by molar-refractivity contribution is 0.506. The van der Waals surface area contributed by atoms with Crippen molar-refractivity contribution in [3.8, 4) is 0 Å². The number of nitrogens with zero attached hydrogens (tertiary/aromatic N) is 1. The zero-order valence-corrected chi connectivity index (χ0v) is 10.8. The first kappa shape index (κ1) is 12.2. The minimum atomic E-state index is 0.636. The summed E-state index contributed by atoms with van der Waals surface area (Å²) in [4.78, 5) is 0. The number of hydrogen-bond donors (Lipinski definition) is 1. The third-order valence-corrected chi connectivity index (χ3v) is 3.36. The number of nitrogens with one attached hydrogen (secondary N) is 1. The highest BCUT2D eigenvalue weighted by Gasteiger charge is 2.00. The summed E-state index contributed by atoms with van der Waals surface area (Å²) in [5.41, 5.74) is 1.34. The fourth-order valence-corrected chi connectivity index (χ4v) is 2.08. The maximum atomic E-state index is 3.53.